The van der Waals surface area contributed by atoms with E-state index >= 15 is 0 Å². The quantitative estimate of drug-likeness (QED) is 0.480. The van der Waals surface area contributed by atoms with E-state index in [1.54, 1.807) is 0 Å². The van der Waals surface area contributed by atoms with Gasteiger partial charge in [0.25, 0.3) is 10.1 Å². The van der Waals surface area contributed by atoms with Gasteiger partial charge in [-0.25, -0.2) is 0 Å². The Bertz CT molecular complexity index is 276. The molecule has 4 nitrogen and oxygen atoms in total. The number of rotatable bonds is 1. The van der Waals surface area contributed by atoms with Gasteiger partial charge in [-0.3, -0.25) is 4.55 Å². The Balaban J connectivity index is 2.93. The first kappa shape index (κ1) is 7.72. The molecule has 0 saturated carbocycles. The summed E-state index contributed by atoms with van der Waals surface area (Å²) in [5.74, 6) is 0. The van der Waals surface area contributed by atoms with Crippen molar-refractivity contribution in [1.82, 2.24) is 0 Å². The Morgan fingerprint density at radius 3 is 2.60 bits per heavy atom. The summed E-state index contributed by atoms with van der Waals surface area (Å²) in [5.41, 5.74) is 0. The molecule has 0 radical (unpaired) electrons. The van der Waals surface area contributed by atoms with Crippen LogP contribution in [0, 0.1) is 0 Å². The highest BCUT2D eigenvalue weighted by molar-refractivity contribution is 7.96. The molecule has 1 atom stereocenters. The number of hydrogen-bond acceptors (Lipinski definition) is 3. The molecule has 10 heavy (non-hydrogen) atoms. The first-order valence-corrected chi connectivity index (χ1v) is 4.71. The number of hydrogen-bond donors (Lipinski definition) is 1. The van der Waals surface area contributed by atoms with Gasteiger partial charge in [-0.2, -0.15) is 8.42 Å². The van der Waals surface area contributed by atoms with Crippen LogP contribution in [-0.4, -0.2) is 13.0 Å². The molecule has 0 saturated heterocycles. The van der Waals surface area contributed by atoms with Crippen LogP contribution in [0.3, 0.4) is 0 Å². The van der Waals surface area contributed by atoms with E-state index in [1.807, 2.05) is 0 Å². The van der Waals surface area contributed by atoms with E-state index in [9.17, 15) is 8.42 Å². The third-order valence-electron chi connectivity index (χ3n) is 0.832. The minimum Gasteiger partial charge on any atom is -0.479 e. The van der Waals surface area contributed by atoms with Crippen LogP contribution in [0.4, 0.5) is 0 Å². The van der Waals surface area contributed by atoms with Crippen molar-refractivity contribution in [3.63, 3.8) is 0 Å². The highest BCUT2D eigenvalue weighted by Gasteiger charge is 2.14. The maximum absolute atomic E-state index is 10.4. The van der Waals surface area contributed by atoms with Crippen molar-refractivity contribution in [3.8, 4) is 0 Å². The summed E-state index contributed by atoms with van der Waals surface area (Å²) in [6.45, 7) is 0. The third kappa shape index (κ3) is 1.80. The molecule has 1 heterocycles. The zero-order valence-electron chi connectivity index (χ0n) is 4.81. The molecule has 0 aliphatic carbocycles. The summed E-state index contributed by atoms with van der Waals surface area (Å²) in [4.78, 5) is 0. The molecule has 1 N–H and O–H groups in total. The van der Waals surface area contributed by atoms with Crippen LogP contribution in [0.2, 0.25) is 0 Å². The summed E-state index contributed by atoms with van der Waals surface area (Å²) in [7, 11) is -4.35. The van der Waals surface area contributed by atoms with Gasteiger partial charge in [-0.15, -0.1) is 0 Å². The molecule has 0 spiro atoms. The second-order valence-electron chi connectivity index (χ2n) is 1.55. The van der Waals surface area contributed by atoms with E-state index in [0.717, 1.165) is 0 Å². The van der Waals surface area contributed by atoms with Gasteiger partial charge in [0.15, 0.2) is 0 Å². The molecule has 0 aromatic carbocycles. The average molecular weight is 180 g/mol. The van der Waals surface area contributed by atoms with Gasteiger partial charge in [-0.05, 0) is 12.2 Å². The first-order chi connectivity index (χ1) is 4.61. The summed E-state index contributed by atoms with van der Waals surface area (Å²) in [6, 6.07) is 0. The Hall–Kier alpha value is -0.380. The van der Waals surface area contributed by atoms with E-state index in [-0.39, 0.29) is 13.5 Å². The van der Waals surface area contributed by atoms with E-state index < -0.39 is 10.1 Å². The monoisotopic (exact) mass is 180 g/mol. The van der Waals surface area contributed by atoms with Gasteiger partial charge in [0.1, 0.15) is 13.5 Å². The second kappa shape index (κ2) is 2.70. The molecule has 1 unspecified atom stereocenters. The van der Waals surface area contributed by atoms with E-state index in [2.05, 4.69) is 4.52 Å². The van der Waals surface area contributed by atoms with Gasteiger partial charge in [0.05, 0.1) is 6.26 Å². The fourth-order valence-corrected chi connectivity index (χ4v) is 1.67. The summed E-state index contributed by atoms with van der Waals surface area (Å²) >= 11 is 0. The van der Waals surface area contributed by atoms with Gasteiger partial charge in [0.2, 0.25) is 0 Å². The molecule has 1 aliphatic rings. The van der Waals surface area contributed by atoms with Crippen molar-refractivity contribution in [2.24, 2.45) is 0 Å². The molecular weight excluding hydrogens is 175 g/mol. The zero-order valence-corrected chi connectivity index (χ0v) is 6.63. The average Bonchev–Trinajstić information content (AvgIpc) is 1.88. The molecular formula is C4H5O4PS. The molecule has 0 aromatic heterocycles. The standard InChI is InChI=1S/C4H5O4PS/c5-10(6,7)4-2-1-3-8-9-4/h1-3,9H,(H,5,6,7). The van der Waals surface area contributed by atoms with E-state index in [0.29, 0.717) is 0 Å². The Kier molecular flexibility index (Phi) is 2.08. The predicted molar refractivity (Wildman–Crippen MR) is 38.2 cm³/mol. The van der Waals surface area contributed by atoms with E-state index in [1.165, 1.54) is 18.4 Å². The fraction of sp³-hybridized carbons (Fsp3) is 0. The molecule has 1 rings (SSSR count). The Morgan fingerprint density at radius 2 is 2.30 bits per heavy atom. The molecule has 0 fully saturated rings. The summed E-state index contributed by atoms with van der Waals surface area (Å²) in [6.07, 6.45) is 4.09. The normalized spacial score (nSPS) is 20.3. The van der Waals surface area contributed by atoms with Crippen molar-refractivity contribution < 1.29 is 17.5 Å². The lowest BCUT2D eigenvalue weighted by Crippen LogP contribution is -1.98. The van der Waals surface area contributed by atoms with Crippen LogP contribution >= 0.6 is 8.81 Å². The highest BCUT2D eigenvalue weighted by atomic mass is 32.2. The smallest absolute Gasteiger partial charge is 0.297 e. The van der Waals surface area contributed by atoms with Gasteiger partial charge in [-0.1, -0.05) is 0 Å². The minimum absolute atomic E-state index is 0.0880. The lowest BCUT2D eigenvalue weighted by Gasteiger charge is -2.04. The maximum atomic E-state index is 10.4. The molecule has 56 valence electrons. The highest BCUT2D eigenvalue weighted by Crippen LogP contribution is 2.31. The largest absolute Gasteiger partial charge is 0.479 e. The zero-order chi connectivity index (χ0) is 7.61. The van der Waals surface area contributed by atoms with Crippen LogP contribution in [0.15, 0.2) is 23.1 Å². The van der Waals surface area contributed by atoms with Crippen LogP contribution in [0.5, 0.6) is 0 Å². The molecule has 1 aliphatic heterocycles. The molecule has 0 amide bonds. The van der Waals surface area contributed by atoms with Crippen LogP contribution in [0.1, 0.15) is 0 Å². The van der Waals surface area contributed by atoms with E-state index in [4.69, 9.17) is 4.55 Å². The number of allylic oxidation sites excluding steroid dienone is 2. The van der Waals surface area contributed by atoms with Crippen LogP contribution in [0.25, 0.3) is 0 Å². The van der Waals surface area contributed by atoms with Gasteiger partial charge in [0, 0.05) is 0 Å². The maximum Gasteiger partial charge on any atom is 0.297 e. The first-order valence-electron chi connectivity index (χ1n) is 2.37. The lowest BCUT2D eigenvalue weighted by atomic mass is 10.6. The third-order valence-corrected chi connectivity index (χ3v) is 3.17. The topological polar surface area (TPSA) is 63.6 Å². The summed E-state index contributed by atoms with van der Waals surface area (Å²) in [5, 5.41) is 0. The fourth-order valence-electron chi connectivity index (χ4n) is 0.431. The Morgan fingerprint density at radius 1 is 1.60 bits per heavy atom. The molecule has 0 aromatic rings. The van der Waals surface area contributed by atoms with Gasteiger partial charge >= 0.3 is 0 Å². The minimum atomic E-state index is -4.03. The van der Waals surface area contributed by atoms with Crippen LogP contribution in [-0.2, 0) is 14.6 Å². The van der Waals surface area contributed by atoms with Crippen molar-refractivity contribution >= 4 is 18.9 Å². The second-order valence-corrected chi connectivity index (χ2v) is 4.29. The summed E-state index contributed by atoms with van der Waals surface area (Å²) < 4.78 is 33.7. The molecule has 0 bridgehead atoms. The molecule has 6 heteroatoms. The SMILES string of the molecule is O=S(=O)(O)C1=CC=COP1. The van der Waals surface area contributed by atoms with Crippen molar-refractivity contribution in [2.75, 3.05) is 0 Å². The van der Waals surface area contributed by atoms with Crippen LogP contribution < -0.4 is 0 Å². The van der Waals surface area contributed by atoms with Crippen molar-refractivity contribution in [2.45, 2.75) is 0 Å². The predicted octanol–water partition coefficient (Wildman–Crippen LogP) is 0.853. The van der Waals surface area contributed by atoms with Gasteiger partial charge < -0.3 is 4.52 Å². The van der Waals surface area contributed by atoms with Crippen molar-refractivity contribution in [1.29, 1.82) is 0 Å². The lowest BCUT2D eigenvalue weighted by molar-refractivity contribution is 0.491. The van der Waals surface area contributed by atoms with Crippen molar-refractivity contribution in [3.05, 3.63) is 23.1 Å². The Labute approximate surface area is 60.2 Å².